The summed E-state index contributed by atoms with van der Waals surface area (Å²) in [7, 11) is 2.01. The predicted octanol–water partition coefficient (Wildman–Crippen LogP) is 0.154. The molecule has 3 N–H and O–H groups in total. The Morgan fingerprint density at radius 1 is 1.12 bits per heavy atom. The molecule has 1 heterocycles. The molecule has 3 amide bonds. The number of allylic oxidation sites excluding steroid dienone is 1. The Hall–Kier alpha value is -3.41. The lowest BCUT2D eigenvalue weighted by atomic mass is 10.1. The molecule has 190 valence electrons. The second-order valence-corrected chi connectivity index (χ2v) is 8.45. The van der Waals surface area contributed by atoms with E-state index in [2.05, 4.69) is 20.1 Å². The average Bonchev–Trinajstić information content (AvgIpc) is 3.27. The Morgan fingerprint density at radius 2 is 1.71 bits per heavy atom. The Morgan fingerprint density at radius 3 is 2.21 bits per heavy atom. The fourth-order valence-corrected chi connectivity index (χ4v) is 2.85. The molecular formula is C22H33N3O9. The Balaban J connectivity index is 3.12. The molecule has 0 bridgehead atoms. The van der Waals surface area contributed by atoms with Gasteiger partial charge in [-0.25, -0.2) is 14.4 Å². The van der Waals surface area contributed by atoms with Crippen LogP contribution in [0.1, 0.15) is 41.0 Å². The van der Waals surface area contributed by atoms with Crippen LogP contribution in [0.5, 0.6) is 0 Å². The zero-order valence-electron chi connectivity index (χ0n) is 20.5. The minimum Gasteiger partial charge on any atom is -0.467 e. The molecule has 1 rings (SSSR count). The van der Waals surface area contributed by atoms with Gasteiger partial charge in [-0.15, -0.1) is 0 Å². The molecule has 0 radical (unpaired) electrons. The molecule has 12 heteroatoms. The molecule has 0 unspecified atom stereocenters. The summed E-state index contributed by atoms with van der Waals surface area (Å²) in [4.78, 5) is 63.4. The smallest absolute Gasteiger partial charge is 0.411 e. The number of carbonyl (C=O) groups is 5. The summed E-state index contributed by atoms with van der Waals surface area (Å²) in [5, 5.41) is 14.8. The molecule has 0 aliphatic carbocycles. The van der Waals surface area contributed by atoms with Gasteiger partial charge in [0.2, 0.25) is 0 Å². The summed E-state index contributed by atoms with van der Waals surface area (Å²) in [6, 6.07) is -2.83. The first-order valence-corrected chi connectivity index (χ1v) is 10.6. The number of esters is 2. The molecule has 0 saturated carbocycles. The van der Waals surface area contributed by atoms with Gasteiger partial charge >= 0.3 is 18.0 Å². The van der Waals surface area contributed by atoms with Crippen molar-refractivity contribution in [2.75, 3.05) is 20.8 Å². The van der Waals surface area contributed by atoms with Crippen LogP contribution in [-0.4, -0.2) is 84.4 Å². The minimum atomic E-state index is -2.04. The van der Waals surface area contributed by atoms with Crippen LogP contribution in [0.2, 0.25) is 0 Å². The number of hydrogen-bond acceptors (Lipinski definition) is 9. The van der Waals surface area contributed by atoms with Gasteiger partial charge in [0, 0.05) is 6.54 Å². The van der Waals surface area contributed by atoms with E-state index in [4.69, 9.17) is 4.74 Å². The minimum absolute atomic E-state index is 0.140. The highest BCUT2D eigenvalue weighted by Crippen LogP contribution is 2.17. The van der Waals surface area contributed by atoms with E-state index in [-0.39, 0.29) is 12.2 Å². The molecule has 1 aliphatic heterocycles. The van der Waals surface area contributed by atoms with Crippen LogP contribution in [0.25, 0.3) is 0 Å². The van der Waals surface area contributed by atoms with E-state index >= 15 is 0 Å². The Kier molecular flexibility index (Phi) is 10.2. The van der Waals surface area contributed by atoms with Crippen molar-refractivity contribution in [2.24, 2.45) is 0 Å². The van der Waals surface area contributed by atoms with Crippen molar-refractivity contribution in [1.29, 1.82) is 0 Å². The standard InChI is InChI=1S/C22H33N3O9/c1-8-12(2)14(18(28)24-15(19(29)32-6)16(26)20(30)33-7)23-17(27)13-10-9-11-25(13)21(31)34-22(3,4)5/h9-10,13,15-16,26H,8,11H2,1-7H3,(H,23,27)(H,24,28)/b14-12+/t13-,15-,16+/m0/s1. The van der Waals surface area contributed by atoms with Gasteiger partial charge in [0.05, 0.1) is 14.2 Å². The highest BCUT2D eigenvalue weighted by Gasteiger charge is 2.38. The zero-order valence-corrected chi connectivity index (χ0v) is 20.5. The first kappa shape index (κ1) is 28.6. The number of methoxy groups -OCH3 is 2. The molecule has 3 atom stereocenters. The van der Waals surface area contributed by atoms with Crippen LogP contribution in [0.4, 0.5) is 4.79 Å². The second-order valence-electron chi connectivity index (χ2n) is 8.45. The zero-order chi connectivity index (χ0) is 26.2. The maximum Gasteiger partial charge on any atom is 0.411 e. The van der Waals surface area contributed by atoms with Crippen molar-refractivity contribution in [2.45, 2.75) is 64.8 Å². The molecule has 0 aromatic carbocycles. The molecule has 0 spiro atoms. The SMILES string of the molecule is CC/C(C)=C(/NC(=O)[C@@H]1C=CCN1C(=O)OC(C)(C)C)C(=O)N[C@H](C(=O)OC)[C@@H](O)C(=O)OC. The van der Waals surface area contributed by atoms with Crippen molar-refractivity contribution < 1.29 is 43.3 Å². The van der Waals surface area contributed by atoms with Crippen LogP contribution < -0.4 is 10.6 Å². The monoisotopic (exact) mass is 483 g/mol. The summed E-state index contributed by atoms with van der Waals surface area (Å²) < 4.78 is 14.3. The van der Waals surface area contributed by atoms with Crippen molar-refractivity contribution >= 4 is 29.8 Å². The maximum atomic E-state index is 13.0. The maximum absolute atomic E-state index is 13.0. The average molecular weight is 484 g/mol. The second kappa shape index (κ2) is 12.2. The number of aliphatic hydroxyl groups excluding tert-OH is 1. The fraction of sp³-hybridized carbons (Fsp3) is 0.591. The lowest BCUT2D eigenvalue weighted by molar-refractivity contribution is -0.160. The van der Waals surface area contributed by atoms with Crippen molar-refractivity contribution in [3.05, 3.63) is 23.4 Å². The van der Waals surface area contributed by atoms with Crippen molar-refractivity contribution in [3.63, 3.8) is 0 Å². The van der Waals surface area contributed by atoms with Gasteiger partial charge in [-0.05, 0) is 39.7 Å². The molecule has 1 aliphatic rings. The molecule has 0 saturated heterocycles. The number of aliphatic hydroxyl groups is 1. The van der Waals surface area contributed by atoms with Crippen molar-refractivity contribution in [1.82, 2.24) is 15.5 Å². The van der Waals surface area contributed by atoms with Gasteiger partial charge in [0.1, 0.15) is 17.3 Å². The Labute approximate surface area is 198 Å². The highest BCUT2D eigenvalue weighted by molar-refractivity contribution is 6.02. The normalized spacial score (nSPS) is 17.8. The van der Waals surface area contributed by atoms with Gasteiger partial charge in [0.15, 0.2) is 12.1 Å². The lowest BCUT2D eigenvalue weighted by Gasteiger charge is -2.28. The number of hydrogen-bond donors (Lipinski definition) is 3. The molecule has 34 heavy (non-hydrogen) atoms. The summed E-state index contributed by atoms with van der Waals surface area (Å²) in [5.74, 6) is -3.90. The van der Waals surface area contributed by atoms with Crippen LogP contribution in [0.3, 0.4) is 0 Å². The number of amides is 3. The third-order valence-electron chi connectivity index (χ3n) is 4.79. The van der Waals surface area contributed by atoms with Gasteiger partial charge in [-0.1, -0.05) is 19.1 Å². The van der Waals surface area contributed by atoms with Gasteiger partial charge in [-0.2, -0.15) is 0 Å². The van der Waals surface area contributed by atoms with Gasteiger partial charge in [-0.3, -0.25) is 14.5 Å². The molecule has 0 aromatic rings. The van der Waals surface area contributed by atoms with Crippen LogP contribution in [0, 0.1) is 0 Å². The number of nitrogens with zero attached hydrogens (tertiary/aromatic N) is 1. The van der Waals surface area contributed by atoms with Crippen molar-refractivity contribution in [3.8, 4) is 0 Å². The van der Waals surface area contributed by atoms with E-state index in [1.54, 1.807) is 40.7 Å². The first-order valence-electron chi connectivity index (χ1n) is 10.6. The summed E-state index contributed by atoms with van der Waals surface area (Å²) in [6.07, 6.45) is 0.716. The number of nitrogens with one attached hydrogen (secondary N) is 2. The largest absolute Gasteiger partial charge is 0.467 e. The van der Waals surface area contributed by atoms with E-state index < -0.39 is 53.6 Å². The summed E-state index contributed by atoms with van der Waals surface area (Å²) in [6.45, 7) is 8.54. The van der Waals surface area contributed by atoms with Gasteiger partial charge in [0.25, 0.3) is 11.8 Å². The molecule has 12 nitrogen and oxygen atoms in total. The van der Waals surface area contributed by atoms with Crippen LogP contribution in [-0.2, 0) is 33.4 Å². The lowest BCUT2D eigenvalue weighted by Crippen LogP contribution is -2.55. The van der Waals surface area contributed by atoms with Crippen LogP contribution in [0.15, 0.2) is 23.4 Å². The predicted molar refractivity (Wildman–Crippen MR) is 119 cm³/mol. The Bertz CT molecular complexity index is 873. The number of ether oxygens (including phenoxy) is 3. The first-order chi connectivity index (χ1) is 15.8. The number of carbonyl (C=O) groups excluding carboxylic acids is 5. The molecular weight excluding hydrogens is 450 g/mol. The summed E-state index contributed by atoms with van der Waals surface area (Å²) in [5.41, 5.74) is -0.538. The third kappa shape index (κ3) is 7.58. The highest BCUT2D eigenvalue weighted by atomic mass is 16.6. The quantitative estimate of drug-likeness (QED) is 0.189. The van der Waals surface area contributed by atoms with E-state index in [0.717, 1.165) is 14.2 Å². The van der Waals surface area contributed by atoms with Crippen LogP contribution >= 0.6 is 0 Å². The summed E-state index contributed by atoms with van der Waals surface area (Å²) >= 11 is 0. The van der Waals surface area contributed by atoms with E-state index in [1.165, 1.54) is 11.0 Å². The number of rotatable bonds is 8. The van der Waals surface area contributed by atoms with Gasteiger partial charge < -0.3 is 30.0 Å². The van der Waals surface area contributed by atoms with E-state index in [1.807, 2.05) is 0 Å². The van der Waals surface area contributed by atoms with E-state index in [0.29, 0.717) is 12.0 Å². The third-order valence-corrected chi connectivity index (χ3v) is 4.79. The fourth-order valence-electron chi connectivity index (χ4n) is 2.85. The molecule has 0 fully saturated rings. The topological polar surface area (TPSA) is 161 Å². The van der Waals surface area contributed by atoms with E-state index in [9.17, 15) is 29.1 Å². The molecule has 0 aromatic heterocycles.